The zero-order valence-electron chi connectivity index (χ0n) is 16.9. The van der Waals surface area contributed by atoms with Crippen molar-refractivity contribution in [3.05, 3.63) is 94.6 Å². The minimum absolute atomic E-state index is 0.738. The van der Waals surface area contributed by atoms with Crippen molar-refractivity contribution in [3.8, 4) is 22.6 Å². The summed E-state index contributed by atoms with van der Waals surface area (Å²) in [7, 11) is 0. The van der Waals surface area contributed by atoms with Gasteiger partial charge in [0.05, 0.1) is 17.6 Å². The number of aromatic nitrogens is 4. The van der Waals surface area contributed by atoms with Gasteiger partial charge >= 0.3 is 0 Å². The van der Waals surface area contributed by atoms with E-state index in [-0.39, 0.29) is 0 Å². The van der Waals surface area contributed by atoms with Gasteiger partial charge in [0.1, 0.15) is 5.69 Å². The number of nitrogens with zero attached hydrogens (tertiary/aromatic N) is 3. The van der Waals surface area contributed by atoms with Gasteiger partial charge < -0.3 is 4.98 Å². The molecule has 0 spiro atoms. The molecule has 0 amide bonds. The van der Waals surface area contributed by atoms with Gasteiger partial charge in [-0.25, -0.2) is 4.98 Å². The zero-order chi connectivity index (χ0) is 20.7. The number of hydrogen-bond donors (Lipinski definition) is 1. The smallest absolute Gasteiger partial charge is 0.159 e. The first kappa shape index (κ1) is 18.6. The lowest BCUT2D eigenvalue weighted by Crippen LogP contribution is -2.03. The lowest BCUT2D eigenvalue weighted by molar-refractivity contribution is 0.666. The largest absolute Gasteiger partial charge is 0.337 e. The molecule has 1 N–H and O–H groups in total. The Morgan fingerprint density at radius 3 is 2.53 bits per heavy atom. The number of rotatable bonds is 4. The maximum Gasteiger partial charge on any atom is 0.159 e. The van der Waals surface area contributed by atoms with Crippen molar-refractivity contribution in [3.63, 3.8) is 0 Å². The second-order valence-electron chi connectivity index (χ2n) is 7.61. The molecular weight excluding hydrogens is 392 g/mol. The normalized spacial score (nSPS) is 11.3. The van der Waals surface area contributed by atoms with Crippen LogP contribution < -0.4 is 0 Å². The van der Waals surface area contributed by atoms with Crippen LogP contribution in [0.1, 0.15) is 16.8 Å². The molecule has 5 rings (SSSR count). The lowest BCUT2D eigenvalue weighted by atomic mass is 10.1. The minimum atomic E-state index is 0.738. The third-order valence-electron chi connectivity index (χ3n) is 5.34. The van der Waals surface area contributed by atoms with E-state index < -0.39 is 0 Å². The van der Waals surface area contributed by atoms with E-state index in [1.54, 1.807) is 0 Å². The van der Waals surface area contributed by atoms with E-state index in [4.69, 9.17) is 21.7 Å². The maximum absolute atomic E-state index is 6.37. The van der Waals surface area contributed by atoms with E-state index in [9.17, 15) is 0 Å². The van der Waals surface area contributed by atoms with E-state index in [0.717, 1.165) is 50.9 Å². The lowest BCUT2D eigenvalue weighted by Gasteiger charge is -2.04. The van der Waals surface area contributed by atoms with Crippen LogP contribution in [-0.2, 0) is 6.54 Å². The summed E-state index contributed by atoms with van der Waals surface area (Å²) in [6, 6.07) is 24.6. The van der Waals surface area contributed by atoms with Crippen LogP contribution >= 0.6 is 11.6 Å². The second kappa shape index (κ2) is 7.47. The predicted octanol–water partition coefficient (Wildman–Crippen LogP) is 6.41. The van der Waals surface area contributed by atoms with Gasteiger partial charge in [-0.2, -0.15) is 5.10 Å². The SMILES string of the molecule is Cc1ccc(Cn2nc(-c3nc4ccc(-c5ccccc5Cl)cc4[nH]3)cc2C)cc1. The summed E-state index contributed by atoms with van der Waals surface area (Å²) in [4.78, 5) is 8.17. The Hall–Kier alpha value is -3.37. The van der Waals surface area contributed by atoms with E-state index in [1.165, 1.54) is 11.1 Å². The Bertz CT molecular complexity index is 1350. The first-order valence-corrected chi connectivity index (χ1v) is 10.3. The van der Waals surface area contributed by atoms with Gasteiger partial charge in [0, 0.05) is 16.3 Å². The molecule has 5 heteroatoms. The van der Waals surface area contributed by atoms with E-state index in [2.05, 4.69) is 61.3 Å². The number of aryl methyl sites for hydroxylation is 2. The van der Waals surface area contributed by atoms with Crippen molar-refractivity contribution in [1.82, 2.24) is 19.7 Å². The first-order valence-electron chi connectivity index (χ1n) is 9.92. The van der Waals surface area contributed by atoms with Crippen molar-refractivity contribution in [2.24, 2.45) is 0 Å². The van der Waals surface area contributed by atoms with Crippen LogP contribution in [0.2, 0.25) is 5.02 Å². The van der Waals surface area contributed by atoms with Crippen LogP contribution in [0.3, 0.4) is 0 Å². The van der Waals surface area contributed by atoms with Crippen LogP contribution in [0.25, 0.3) is 33.7 Å². The van der Waals surface area contributed by atoms with E-state index in [1.807, 2.05) is 35.0 Å². The van der Waals surface area contributed by atoms with Gasteiger partial charge in [-0.1, -0.05) is 65.7 Å². The molecule has 0 saturated carbocycles. The summed E-state index contributed by atoms with van der Waals surface area (Å²) in [5.41, 5.74) is 8.37. The molecule has 0 radical (unpaired) electrons. The third-order valence-corrected chi connectivity index (χ3v) is 5.67. The molecule has 0 aliphatic rings. The Labute approximate surface area is 180 Å². The average Bonchev–Trinajstić information content (AvgIpc) is 3.33. The van der Waals surface area contributed by atoms with Gasteiger partial charge in [0.15, 0.2) is 5.82 Å². The highest BCUT2D eigenvalue weighted by Gasteiger charge is 2.12. The first-order chi connectivity index (χ1) is 14.6. The second-order valence-corrected chi connectivity index (χ2v) is 8.02. The van der Waals surface area contributed by atoms with Gasteiger partial charge in [-0.15, -0.1) is 0 Å². The third kappa shape index (κ3) is 3.51. The quantitative estimate of drug-likeness (QED) is 0.370. The molecule has 2 aromatic heterocycles. The molecule has 2 heterocycles. The van der Waals surface area contributed by atoms with Gasteiger partial charge in [0.25, 0.3) is 0 Å². The van der Waals surface area contributed by atoms with Crippen molar-refractivity contribution in [2.75, 3.05) is 0 Å². The van der Waals surface area contributed by atoms with Crippen LogP contribution in [0, 0.1) is 13.8 Å². The van der Waals surface area contributed by atoms with Gasteiger partial charge in [-0.3, -0.25) is 4.68 Å². The van der Waals surface area contributed by atoms with Crippen LogP contribution in [0.15, 0.2) is 72.8 Å². The van der Waals surface area contributed by atoms with Crippen molar-refractivity contribution >= 4 is 22.6 Å². The molecule has 0 unspecified atom stereocenters. The molecule has 0 bridgehead atoms. The highest BCUT2D eigenvalue weighted by molar-refractivity contribution is 6.33. The number of nitrogens with one attached hydrogen (secondary N) is 1. The molecule has 0 aliphatic carbocycles. The van der Waals surface area contributed by atoms with Crippen LogP contribution in [0.5, 0.6) is 0 Å². The predicted molar refractivity (Wildman–Crippen MR) is 123 cm³/mol. The molecule has 0 saturated heterocycles. The standard InChI is InChI=1S/C25H21ClN4/c1-16-7-9-18(10-8-16)15-30-17(2)13-24(29-30)25-27-22-12-11-19(14-23(22)28-25)20-5-3-4-6-21(20)26/h3-14H,15H2,1-2H3,(H,27,28). The van der Waals surface area contributed by atoms with Crippen molar-refractivity contribution in [2.45, 2.75) is 20.4 Å². The monoisotopic (exact) mass is 412 g/mol. The van der Waals surface area contributed by atoms with Gasteiger partial charge in [0.2, 0.25) is 0 Å². The van der Waals surface area contributed by atoms with Gasteiger partial charge in [-0.05, 0) is 49.2 Å². The molecule has 0 fully saturated rings. The van der Waals surface area contributed by atoms with E-state index >= 15 is 0 Å². The maximum atomic E-state index is 6.37. The fourth-order valence-corrected chi connectivity index (χ4v) is 3.89. The molecule has 0 aliphatic heterocycles. The summed E-state index contributed by atoms with van der Waals surface area (Å²) >= 11 is 6.37. The topological polar surface area (TPSA) is 46.5 Å². The number of halogens is 1. The molecule has 148 valence electrons. The minimum Gasteiger partial charge on any atom is -0.337 e. The fraction of sp³-hybridized carbons (Fsp3) is 0.120. The number of fused-ring (bicyclic) bond motifs is 1. The van der Waals surface area contributed by atoms with Crippen molar-refractivity contribution in [1.29, 1.82) is 0 Å². The Morgan fingerprint density at radius 2 is 1.73 bits per heavy atom. The summed E-state index contributed by atoms with van der Waals surface area (Å²) in [6.45, 7) is 4.91. The Kier molecular flexibility index (Phi) is 4.64. The summed E-state index contributed by atoms with van der Waals surface area (Å²) < 4.78 is 2.02. The van der Waals surface area contributed by atoms with E-state index in [0.29, 0.717) is 0 Å². The molecule has 5 aromatic rings. The molecule has 3 aromatic carbocycles. The molecule has 30 heavy (non-hydrogen) atoms. The summed E-state index contributed by atoms with van der Waals surface area (Å²) in [5, 5.41) is 5.53. The van der Waals surface area contributed by atoms with Crippen molar-refractivity contribution < 1.29 is 0 Å². The molecule has 4 nitrogen and oxygen atoms in total. The Balaban J connectivity index is 1.48. The number of aromatic amines is 1. The highest BCUT2D eigenvalue weighted by atomic mass is 35.5. The number of hydrogen-bond acceptors (Lipinski definition) is 2. The average molecular weight is 413 g/mol. The number of benzene rings is 3. The van der Waals surface area contributed by atoms with Crippen LogP contribution in [-0.4, -0.2) is 19.7 Å². The fourth-order valence-electron chi connectivity index (χ4n) is 3.65. The summed E-state index contributed by atoms with van der Waals surface area (Å²) in [6.07, 6.45) is 0. The molecular formula is C25H21ClN4. The zero-order valence-corrected chi connectivity index (χ0v) is 17.6. The van der Waals surface area contributed by atoms with Crippen LogP contribution in [0.4, 0.5) is 0 Å². The number of H-pyrrole nitrogens is 1. The highest BCUT2D eigenvalue weighted by Crippen LogP contribution is 2.30. The molecule has 0 atom stereocenters. The Morgan fingerprint density at radius 1 is 0.933 bits per heavy atom. The number of imidazole rings is 1. The summed E-state index contributed by atoms with van der Waals surface area (Å²) in [5.74, 6) is 0.770.